The van der Waals surface area contributed by atoms with Crippen LogP contribution in [-0.2, 0) is 0 Å². The van der Waals surface area contributed by atoms with Crippen molar-refractivity contribution in [3.05, 3.63) is 170 Å². The van der Waals surface area contributed by atoms with Crippen molar-refractivity contribution in [2.45, 2.75) is 0 Å². The predicted octanol–water partition coefficient (Wildman–Crippen LogP) is 12.4. The van der Waals surface area contributed by atoms with E-state index in [1.807, 2.05) is 11.3 Å². The minimum absolute atomic E-state index is 0.714. The van der Waals surface area contributed by atoms with Crippen LogP contribution in [0, 0.1) is 0 Å². The fourth-order valence-electron chi connectivity index (χ4n) is 7.92. The zero-order chi connectivity index (χ0) is 33.5. The zero-order valence-electron chi connectivity index (χ0n) is 27.4. The van der Waals surface area contributed by atoms with Crippen LogP contribution in [0.4, 0.5) is 0 Å². The van der Waals surface area contributed by atoms with Crippen LogP contribution in [0.1, 0.15) is 0 Å². The Bertz CT molecular complexity index is 3130. The van der Waals surface area contributed by atoms with Crippen LogP contribution in [0.25, 0.3) is 97.9 Å². The van der Waals surface area contributed by atoms with Crippen LogP contribution >= 0.6 is 11.3 Å². The molecule has 0 saturated heterocycles. The Morgan fingerprint density at radius 3 is 1.78 bits per heavy atom. The van der Waals surface area contributed by atoms with E-state index in [4.69, 9.17) is 9.97 Å². The molecule has 0 spiro atoms. The number of benzene rings is 7. The third-order valence-electron chi connectivity index (χ3n) is 10.1. The molecule has 0 aliphatic rings. The van der Waals surface area contributed by atoms with Crippen molar-refractivity contribution in [2.24, 2.45) is 0 Å². The molecule has 0 radical (unpaired) electrons. The first-order chi connectivity index (χ1) is 25.3. The Morgan fingerprint density at radius 1 is 0.412 bits per heavy atom. The van der Waals surface area contributed by atoms with Gasteiger partial charge in [0.2, 0.25) is 0 Å². The molecule has 0 saturated carbocycles. The summed E-state index contributed by atoms with van der Waals surface area (Å²) in [6, 6.07) is 60.5. The maximum atomic E-state index is 5.46. The minimum Gasteiger partial charge on any atom is -0.309 e. The van der Waals surface area contributed by atoms with Crippen LogP contribution < -0.4 is 0 Å². The number of nitrogens with zero attached hydrogens (tertiary/aromatic N) is 4. The van der Waals surface area contributed by atoms with E-state index in [0.717, 1.165) is 44.9 Å². The summed E-state index contributed by atoms with van der Waals surface area (Å²) in [4.78, 5) is 10.8. The third kappa shape index (κ3) is 4.25. The number of hydrogen-bond acceptors (Lipinski definition) is 3. The van der Waals surface area contributed by atoms with E-state index in [1.165, 1.54) is 47.2 Å². The highest BCUT2D eigenvalue weighted by molar-refractivity contribution is 7.25. The smallest absolute Gasteiger partial charge is 0.162 e. The Kier molecular flexibility index (Phi) is 6.09. The maximum absolute atomic E-state index is 5.46. The van der Waals surface area contributed by atoms with Gasteiger partial charge in [-0.2, -0.15) is 0 Å². The summed E-state index contributed by atoms with van der Waals surface area (Å²) in [5, 5.41) is 7.29. The van der Waals surface area contributed by atoms with Crippen LogP contribution in [-0.4, -0.2) is 19.1 Å². The molecule has 0 bridgehead atoms. The summed E-state index contributed by atoms with van der Waals surface area (Å²) < 4.78 is 7.21. The fourth-order valence-corrected chi connectivity index (χ4v) is 9.05. The topological polar surface area (TPSA) is 35.6 Å². The average molecular weight is 669 g/mol. The molecule has 5 heteroatoms. The SMILES string of the molecule is c1ccc(-c2cc(-n3c4ccccc4c4cc5c6ccccc6n(-c6ccccc6)c5cc43)nc(-c3cccc4sc5ccccc5c34)n2)cc1. The van der Waals surface area contributed by atoms with E-state index < -0.39 is 0 Å². The van der Waals surface area contributed by atoms with Gasteiger partial charge in [-0.15, -0.1) is 11.3 Å². The van der Waals surface area contributed by atoms with E-state index in [9.17, 15) is 0 Å². The molecule has 0 fully saturated rings. The van der Waals surface area contributed by atoms with Crippen LogP contribution in [0.5, 0.6) is 0 Å². The Morgan fingerprint density at radius 2 is 1.02 bits per heavy atom. The second kappa shape index (κ2) is 11.0. The predicted molar refractivity (Wildman–Crippen MR) is 214 cm³/mol. The van der Waals surface area contributed by atoms with Crippen molar-refractivity contribution < 1.29 is 0 Å². The van der Waals surface area contributed by atoms with Gasteiger partial charge >= 0.3 is 0 Å². The van der Waals surface area contributed by atoms with Gasteiger partial charge in [0, 0.05) is 64.6 Å². The lowest BCUT2D eigenvalue weighted by Gasteiger charge is -2.13. The molecule has 0 N–H and O–H groups in total. The Balaban J connectivity index is 1.26. The highest BCUT2D eigenvalue weighted by Crippen LogP contribution is 2.42. The van der Waals surface area contributed by atoms with Crippen LogP contribution in [0.3, 0.4) is 0 Å². The number of fused-ring (bicyclic) bond motifs is 9. The molecule has 0 atom stereocenters. The average Bonchev–Trinajstić information content (AvgIpc) is 3.85. The quantitative estimate of drug-likeness (QED) is 0.187. The van der Waals surface area contributed by atoms with Gasteiger partial charge in [-0.3, -0.25) is 4.57 Å². The van der Waals surface area contributed by atoms with Gasteiger partial charge in [0.1, 0.15) is 5.82 Å². The molecule has 7 aromatic carbocycles. The second-order valence-corrected chi connectivity index (χ2v) is 14.1. The fraction of sp³-hybridized carbons (Fsp3) is 0. The number of thiophene rings is 1. The van der Waals surface area contributed by atoms with E-state index in [-0.39, 0.29) is 0 Å². The van der Waals surface area contributed by atoms with E-state index in [0.29, 0.717) is 5.82 Å². The maximum Gasteiger partial charge on any atom is 0.162 e. The van der Waals surface area contributed by atoms with Crippen molar-refractivity contribution in [3.63, 3.8) is 0 Å². The van der Waals surface area contributed by atoms with Gasteiger partial charge in [-0.1, -0.05) is 115 Å². The van der Waals surface area contributed by atoms with Crippen molar-refractivity contribution in [2.75, 3.05) is 0 Å². The lowest BCUT2D eigenvalue weighted by molar-refractivity contribution is 1.05. The third-order valence-corrected chi connectivity index (χ3v) is 11.3. The summed E-state index contributed by atoms with van der Waals surface area (Å²) in [5.74, 6) is 1.55. The summed E-state index contributed by atoms with van der Waals surface area (Å²) in [6.45, 7) is 0. The first-order valence-electron chi connectivity index (χ1n) is 17.2. The molecule has 0 unspecified atom stereocenters. The number of para-hydroxylation sites is 3. The lowest BCUT2D eigenvalue weighted by atomic mass is 10.1. The molecule has 4 heterocycles. The minimum atomic E-state index is 0.714. The van der Waals surface area contributed by atoms with Gasteiger partial charge in [-0.05, 0) is 48.5 Å². The second-order valence-electron chi connectivity index (χ2n) is 13.0. The molecule has 238 valence electrons. The van der Waals surface area contributed by atoms with Crippen LogP contribution in [0.2, 0.25) is 0 Å². The first-order valence-corrected chi connectivity index (χ1v) is 18.0. The van der Waals surface area contributed by atoms with Gasteiger partial charge < -0.3 is 4.57 Å². The van der Waals surface area contributed by atoms with Gasteiger partial charge in [0.25, 0.3) is 0 Å². The van der Waals surface area contributed by atoms with Crippen molar-refractivity contribution in [3.8, 4) is 34.2 Å². The molecule has 0 amide bonds. The van der Waals surface area contributed by atoms with E-state index in [2.05, 4.69) is 179 Å². The van der Waals surface area contributed by atoms with Gasteiger partial charge in [-0.25, -0.2) is 9.97 Å². The first kappa shape index (κ1) is 28.3. The summed E-state index contributed by atoms with van der Waals surface area (Å²) >= 11 is 1.82. The summed E-state index contributed by atoms with van der Waals surface area (Å²) in [6.07, 6.45) is 0. The molecule has 51 heavy (non-hydrogen) atoms. The van der Waals surface area contributed by atoms with Gasteiger partial charge in [0.05, 0.1) is 27.8 Å². The highest BCUT2D eigenvalue weighted by atomic mass is 32.1. The summed E-state index contributed by atoms with van der Waals surface area (Å²) in [5.41, 5.74) is 8.67. The molecule has 0 aliphatic heterocycles. The molecule has 0 aliphatic carbocycles. The Labute approximate surface area is 297 Å². The monoisotopic (exact) mass is 668 g/mol. The van der Waals surface area contributed by atoms with Crippen molar-refractivity contribution in [1.29, 1.82) is 0 Å². The molecular weight excluding hydrogens is 641 g/mol. The standard InChI is InChI=1S/C46H28N4S/c1-3-14-29(15-4-1)37-27-44(48-46(47-37)34-21-13-25-43-45(34)33-20-9-12-24-42(33)51-43)50-39-23-11-8-19-32(39)36-26-35-31-18-7-10-22-38(31)49(40(35)28-41(36)50)30-16-5-2-6-17-30/h1-28H. The molecular formula is C46H28N4S. The molecule has 4 nitrogen and oxygen atoms in total. The van der Waals surface area contributed by atoms with E-state index in [1.54, 1.807) is 0 Å². The largest absolute Gasteiger partial charge is 0.309 e. The lowest BCUT2D eigenvalue weighted by Crippen LogP contribution is -2.03. The summed E-state index contributed by atoms with van der Waals surface area (Å²) in [7, 11) is 0. The normalized spacial score (nSPS) is 11.9. The van der Waals surface area contributed by atoms with Crippen molar-refractivity contribution >= 4 is 75.1 Å². The van der Waals surface area contributed by atoms with Gasteiger partial charge in [0.15, 0.2) is 5.82 Å². The molecule has 4 aromatic heterocycles. The zero-order valence-corrected chi connectivity index (χ0v) is 28.2. The Hall–Kier alpha value is -6.56. The molecule has 11 aromatic rings. The number of hydrogen-bond donors (Lipinski definition) is 0. The number of rotatable bonds is 4. The van der Waals surface area contributed by atoms with E-state index >= 15 is 0 Å². The highest BCUT2D eigenvalue weighted by Gasteiger charge is 2.21. The van der Waals surface area contributed by atoms with Crippen molar-refractivity contribution in [1.82, 2.24) is 19.1 Å². The number of aromatic nitrogens is 4. The molecule has 11 rings (SSSR count). The van der Waals surface area contributed by atoms with Crippen LogP contribution in [0.15, 0.2) is 170 Å².